The van der Waals surface area contributed by atoms with Gasteiger partial charge in [0.15, 0.2) is 0 Å². The van der Waals surface area contributed by atoms with Gasteiger partial charge in [0.2, 0.25) is 0 Å². The summed E-state index contributed by atoms with van der Waals surface area (Å²) < 4.78 is 3.64. The summed E-state index contributed by atoms with van der Waals surface area (Å²) in [6.07, 6.45) is 4.67. The second kappa shape index (κ2) is 5.58. The molecule has 2 heterocycles. The Labute approximate surface area is 101 Å². The van der Waals surface area contributed by atoms with Crippen molar-refractivity contribution in [2.45, 2.75) is 26.4 Å². The first-order valence-electron chi connectivity index (χ1n) is 5.85. The molecule has 2 rings (SSSR count). The van der Waals surface area contributed by atoms with Gasteiger partial charge in [-0.15, -0.1) is 0 Å². The summed E-state index contributed by atoms with van der Waals surface area (Å²) in [4.78, 5) is 4.17. The Kier molecular flexibility index (Phi) is 3.87. The number of hydrogen-bond acceptors (Lipinski definition) is 4. The molecular formula is C11H18N6. The highest BCUT2D eigenvalue weighted by Gasteiger charge is 2.03. The van der Waals surface area contributed by atoms with E-state index >= 15 is 0 Å². The van der Waals surface area contributed by atoms with Crippen molar-refractivity contribution in [1.29, 1.82) is 0 Å². The standard InChI is InChI=1S/C11H18N6/c1-3-5-12-7-10-4-6-17(15-10)8-11-13-9-14-16(11)2/h4,6,9,12H,3,5,7-8H2,1-2H3. The number of aryl methyl sites for hydroxylation is 1. The van der Waals surface area contributed by atoms with Crippen LogP contribution in [0.1, 0.15) is 24.9 Å². The van der Waals surface area contributed by atoms with E-state index in [0.717, 1.165) is 31.0 Å². The van der Waals surface area contributed by atoms with Gasteiger partial charge in [-0.2, -0.15) is 10.2 Å². The van der Waals surface area contributed by atoms with Crippen LogP contribution in [-0.2, 0) is 20.1 Å². The van der Waals surface area contributed by atoms with Gasteiger partial charge in [0.05, 0.1) is 5.69 Å². The van der Waals surface area contributed by atoms with E-state index < -0.39 is 0 Å². The van der Waals surface area contributed by atoms with E-state index in [2.05, 4.69) is 27.4 Å². The van der Waals surface area contributed by atoms with Gasteiger partial charge in [-0.1, -0.05) is 6.92 Å². The van der Waals surface area contributed by atoms with Gasteiger partial charge < -0.3 is 5.32 Å². The van der Waals surface area contributed by atoms with Crippen molar-refractivity contribution in [3.8, 4) is 0 Å². The van der Waals surface area contributed by atoms with Gasteiger partial charge in [-0.3, -0.25) is 9.36 Å². The van der Waals surface area contributed by atoms with Crippen LogP contribution in [0.5, 0.6) is 0 Å². The number of rotatable bonds is 6. The summed E-state index contributed by atoms with van der Waals surface area (Å²) in [7, 11) is 1.88. The van der Waals surface area contributed by atoms with Crippen LogP contribution >= 0.6 is 0 Å². The molecule has 0 saturated heterocycles. The largest absolute Gasteiger partial charge is 0.311 e. The quantitative estimate of drug-likeness (QED) is 0.742. The third kappa shape index (κ3) is 3.13. The molecule has 17 heavy (non-hydrogen) atoms. The van der Waals surface area contributed by atoms with Crippen molar-refractivity contribution in [3.05, 3.63) is 30.1 Å². The molecule has 2 aromatic rings. The Balaban J connectivity index is 1.92. The zero-order valence-corrected chi connectivity index (χ0v) is 10.3. The lowest BCUT2D eigenvalue weighted by Gasteiger charge is -2.01. The van der Waals surface area contributed by atoms with Crippen molar-refractivity contribution < 1.29 is 0 Å². The molecule has 0 unspecified atom stereocenters. The van der Waals surface area contributed by atoms with Crippen LogP contribution in [0.15, 0.2) is 18.6 Å². The second-order valence-electron chi connectivity index (χ2n) is 3.98. The molecule has 1 N–H and O–H groups in total. The summed E-state index contributed by atoms with van der Waals surface area (Å²) >= 11 is 0. The van der Waals surface area contributed by atoms with Gasteiger partial charge in [0, 0.05) is 19.8 Å². The van der Waals surface area contributed by atoms with E-state index in [1.54, 1.807) is 11.0 Å². The van der Waals surface area contributed by atoms with E-state index in [-0.39, 0.29) is 0 Å². The van der Waals surface area contributed by atoms with Crippen LogP contribution in [0.3, 0.4) is 0 Å². The number of aromatic nitrogens is 5. The normalized spacial score (nSPS) is 10.9. The fourth-order valence-electron chi connectivity index (χ4n) is 1.59. The van der Waals surface area contributed by atoms with Gasteiger partial charge in [0.1, 0.15) is 18.7 Å². The molecule has 0 amide bonds. The highest BCUT2D eigenvalue weighted by atomic mass is 15.4. The molecule has 0 aromatic carbocycles. The number of hydrogen-bond donors (Lipinski definition) is 1. The average molecular weight is 234 g/mol. The van der Waals surface area contributed by atoms with E-state index in [0.29, 0.717) is 6.54 Å². The maximum absolute atomic E-state index is 4.47. The van der Waals surface area contributed by atoms with Crippen LogP contribution < -0.4 is 5.32 Å². The Bertz CT molecular complexity index is 458. The molecule has 0 radical (unpaired) electrons. The van der Waals surface area contributed by atoms with Crippen LogP contribution in [0.4, 0.5) is 0 Å². The minimum atomic E-state index is 0.657. The monoisotopic (exact) mass is 234 g/mol. The van der Waals surface area contributed by atoms with Crippen molar-refractivity contribution >= 4 is 0 Å². The van der Waals surface area contributed by atoms with Gasteiger partial charge in [-0.25, -0.2) is 4.98 Å². The SMILES string of the molecule is CCCNCc1ccn(Cc2ncnn2C)n1. The summed E-state index contributed by atoms with van der Waals surface area (Å²) in [6.45, 7) is 4.65. The second-order valence-corrected chi connectivity index (χ2v) is 3.98. The summed E-state index contributed by atoms with van der Waals surface area (Å²) in [5.41, 5.74) is 1.06. The minimum Gasteiger partial charge on any atom is -0.311 e. The van der Waals surface area contributed by atoms with E-state index in [4.69, 9.17) is 0 Å². The third-order valence-electron chi connectivity index (χ3n) is 2.54. The van der Waals surface area contributed by atoms with Crippen LogP contribution in [0.25, 0.3) is 0 Å². The van der Waals surface area contributed by atoms with Crippen LogP contribution in [0, 0.1) is 0 Å². The van der Waals surface area contributed by atoms with Crippen molar-refractivity contribution in [1.82, 2.24) is 29.9 Å². The summed E-state index contributed by atoms with van der Waals surface area (Å²) in [5.74, 6) is 0.904. The van der Waals surface area contributed by atoms with Crippen molar-refractivity contribution in [3.63, 3.8) is 0 Å². The third-order valence-corrected chi connectivity index (χ3v) is 2.54. The van der Waals surface area contributed by atoms with Gasteiger partial charge >= 0.3 is 0 Å². The molecule has 0 bridgehead atoms. The molecule has 0 aliphatic carbocycles. The lowest BCUT2D eigenvalue weighted by atomic mass is 10.4. The fraction of sp³-hybridized carbons (Fsp3) is 0.545. The first kappa shape index (κ1) is 11.8. The fourth-order valence-corrected chi connectivity index (χ4v) is 1.59. The minimum absolute atomic E-state index is 0.657. The predicted molar refractivity (Wildman–Crippen MR) is 64.3 cm³/mol. The predicted octanol–water partition coefficient (Wildman–Crippen LogP) is 0.559. The van der Waals surface area contributed by atoms with E-state index in [1.165, 1.54) is 0 Å². The summed E-state index contributed by atoms with van der Waals surface area (Å²) in [6, 6.07) is 2.03. The zero-order valence-electron chi connectivity index (χ0n) is 10.3. The molecular weight excluding hydrogens is 216 g/mol. The molecule has 0 spiro atoms. The first-order valence-corrected chi connectivity index (χ1v) is 5.85. The zero-order chi connectivity index (χ0) is 12.1. The lowest BCUT2D eigenvalue weighted by molar-refractivity contribution is 0.590. The lowest BCUT2D eigenvalue weighted by Crippen LogP contribution is -2.15. The molecule has 0 aliphatic heterocycles. The number of nitrogens with one attached hydrogen (secondary N) is 1. The molecule has 6 heteroatoms. The molecule has 2 aromatic heterocycles. The Morgan fingerprint density at radius 3 is 3.00 bits per heavy atom. The highest BCUT2D eigenvalue weighted by Crippen LogP contribution is 1.99. The van der Waals surface area contributed by atoms with Crippen molar-refractivity contribution in [2.24, 2.45) is 7.05 Å². The highest BCUT2D eigenvalue weighted by molar-refractivity contribution is 4.99. The molecule has 0 atom stereocenters. The molecule has 0 fully saturated rings. The van der Waals surface area contributed by atoms with Crippen molar-refractivity contribution in [2.75, 3.05) is 6.54 Å². The molecule has 0 saturated carbocycles. The van der Waals surface area contributed by atoms with Gasteiger partial charge in [-0.05, 0) is 19.0 Å². The average Bonchev–Trinajstić information content (AvgIpc) is 2.91. The summed E-state index contributed by atoms with van der Waals surface area (Å²) in [5, 5.41) is 11.8. The van der Waals surface area contributed by atoms with Gasteiger partial charge in [0.25, 0.3) is 0 Å². The Morgan fingerprint density at radius 1 is 1.41 bits per heavy atom. The first-order chi connectivity index (χ1) is 8.29. The molecule has 92 valence electrons. The topological polar surface area (TPSA) is 60.6 Å². The maximum atomic E-state index is 4.47. The molecule has 6 nitrogen and oxygen atoms in total. The number of nitrogens with zero attached hydrogens (tertiary/aromatic N) is 5. The Morgan fingerprint density at radius 2 is 2.29 bits per heavy atom. The van der Waals surface area contributed by atoms with E-state index in [1.807, 2.05) is 24.0 Å². The van der Waals surface area contributed by atoms with E-state index in [9.17, 15) is 0 Å². The van der Waals surface area contributed by atoms with Crippen LogP contribution in [-0.4, -0.2) is 31.1 Å². The Hall–Kier alpha value is -1.69. The maximum Gasteiger partial charge on any atom is 0.148 e. The van der Waals surface area contributed by atoms with Crippen LogP contribution in [0.2, 0.25) is 0 Å². The smallest absolute Gasteiger partial charge is 0.148 e. The molecule has 0 aliphatic rings.